The van der Waals surface area contributed by atoms with Gasteiger partial charge in [0.15, 0.2) is 0 Å². The largest absolute Gasteiger partial charge is 1.00 e. The fraction of sp³-hybridized carbons (Fsp3) is 0.270. The van der Waals surface area contributed by atoms with Gasteiger partial charge in [0.2, 0.25) is 0 Å². The minimum atomic E-state index is -0.750. The molecule has 0 fully saturated rings. The number of rotatable bonds is 5. The van der Waals surface area contributed by atoms with E-state index in [0.29, 0.717) is 28.7 Å². The third-order valence-corrected chi connectivity index (χ3v) is 4.90. The molecule has 8 heteroatoms. The molecule has 0 aliphatic carbocycles. The van der Waals surface area contributed by atoms with Crippen molar-refractivity contribution in [2.75, 3.05) is 0 Å². The number of carbonyl (C=O) groups is 1. The number of Topliss-reactive ketones (excluding diaryl/α,β-unsaturated/α-hetero) is 1. The molecule has 1 N–H and O–H groups in total. The molecule has 0 aliphatic rings. The fourth-order valence-corrected chi connectivity index (χ4v) is 3.06. The fourth-order valence-electron chi connectivity index (χ4n) is 3.06. The summed E-state index contributed by atoms with van der Waals surface area (Å²) in [5, 5.41) is 8.41. The van der Waals surface area contributed by atoms with Crippen LogP contribution in [0.2, 0.25) is 0 Å². The topological polar surface area (TPSA) is 54.4 Å². The van der Waals surface area contributed by atoms with Gasteiger partial charge in [0, 0.05) is 11.4 Å². The van der Waals surface area contributed by atoms with Gasteiger partial charge in [0.05, 0.1) is 0 Å². The van der Waals surface area contributed by atoms with Gasteiger partial charge in [-0.2, -0.15) is 49.2 Å². The molecule has 3 aromatic rings. The maximum Gasteiger partial charge on any atom is 1.00 e. The second-order valence-electron chi connectivity index (χ2n) is 8.99. The minimum absolute atomic E-state index is 0. The molecule has 0 amide bonds. The summed E-state index contributed by atoms with van der Waals surface area (Å²) in [6, 6.07) is 17.0. The van der Waals surface area contributed by atoms with E-state index in [1.54, 1.807) is 38.1 Å². The van der Waals surface area contributed by atoms with Gasteiger partial charge in [-0.05, 0) is 11.1 Å². The third kappa shape index (κ3) is 24.8. The predicted molar refractivity (Wildman–Crippen MR) is 173 cm³/mol. The van der Waals surface area contributed by atoms with Crippen LogP contribution in [0, 0.1) is 58.6 Å². The first-order valence-electron chi connectivity index (χ1n) is 13.1. The van der Waals surface area contributed by atoms with E-state index in [1.165, 1.54) is 26.2 Å². The van der Waals surface area contributed by atoms with Gasteiger partial charge < -0.3 is 47.3 Å². The molecule has 0 radical (unpaired) electrons. The smallest absolute Gasteiger partial charge is 0.542 e. The second kappa shape index (κ2) is 32.3. The molecule has 0 aliphatic heterocycles. The van der Waals surface area contributed by atoms with Crippen LogP contribution in [0.1, 0.15) is 65.2 Å². The summed E-state index contributed by atoms with van der Waals surface area (Å²) in [6.45, 7) is 29.0. The summed E-state index contributed by atoms with van der Waals surface area (Å²) in [6.07, 6.45) is 4.41. The summed E-state index contributed by atoms with van der Waals surface area (Å²) >= 11 is 0. The van der Waals surface area contributed by atoms with Crippen LogP contribution in [0.4, 0.5) is 8.78 Å². The van der Waals surface area contributed by atoms with Crippen molar-refractivity contribution in [3.63, 3.8) is 0 Å². The van der Waals surface area contributed by atoms with Crippen molar-refractivity contribution in [1.29, 1.82) is 0 Å². The van der Waals surface area contributed by atoms with Crippen LogP contribution < -0.4 is 154 Å². The maximum absolute atomic E-state index is 15.1. The molecule has 0 heterocycles. The molecule has 0 atom stereocenters. The van der Waals surface area contributed by atoms with Crippen molar-refractivity contribution in [2.24, 2.45) is 0 Å². The molecule has 0 bridgehead atoms. The number of hydrogen-bond acceptors (Lipinski definition) is 3. The van der Waals surface area contributed by atoms with Crippen LogP contribution in [-0.4, -0.2) is 22.8 Å². The van der Waals surface area contributed by atoms with Gasteiger partial charge >= 0.3 is 154 Å². The standard InChI is InChI=1S/C22H18F2.C6H6O.C4H9O.C2H3O.C2H6.CH3.3K/c1-4-16-12-17(13-21(23)15(16)3)19-10-7-11-20(22(19)24)18-9-6-5-8-14(18)2;1-4-5(2)6(3)7;1-4(2,3)5;1-2-3;1-2;;;;/h5-7,9-13H,3-4H2,1-2H3;2H,1H2,3H3;5H,1H2,2-3H3;1H3;1-2H3;1H3;;;/q2*-2;2*-1;;-1;3*+1. The number of aliphatic hydroxyl groups is 1. The molecular formula is C37H45F2K3O3-4. The van der Waals surface area contributed by atoms with Crippen molar-refractivity contribution in [2.45, 2.75) is 67.4 Å². The van der Waals surface area contributed by atoms with E-state index in [4.69, 9.17) is 16.5 Å². The Kier molecular flexibility index (Phi) is 41.8. The van der Waals surface area contributed by atoms with E-state index in [0.717, 1.165) is 16.7 Å². The molecule has 3 rings (SSSR count). The molecule has 0 aromatic heterocycles. The normalized spacial score (nSPS) is 8.71. The van der Waals surface area contributed by atoms with Crippen LogP contribution in [0.25, 0.3) is 22.3 Å². The van der Waals surface area contributed by atoms with Crippen molar-refractivity contribution in [3.05, 3.63) is 129 Å². The van der Waals surface area contributed by atoms with Crippen molar-refractivity contribution in [3.8, 4) is 22.3 Å². The number of halogens is 2. The molecule has 3 aromatic carbocycles. The average Bonchev–Trinajstić information content (AvgIpc) is 2.91. The van der Waals surface area contributed by atoms with Crippen LogP contribution >= 0.6 is 0 Å². The first kappa shape index (κ1) is 58.3. The first-order valence-corrected chi connectivity index (χ1v) is 13.1. The summed E-state index contributed by atoms with van der Waals surface area (Å²) in [4.78, 5) is 18.8. The Morgan fingerprint density at radius 2 is 1.51 bits per heavy atom. The van der Waals surface area contributed by atoms with E-state index in [1.807, 2.05) is 45.9 Å². The molecule has 0 spiro atoms. The van der Waals surface area contributed by atoms with E-state index < -0.39 is 11.4 Å². The molecule has 0 saturated heterocycles. The number of carbonyl (C=O) groups excluding carboxylic acids is 2. The van der Waals surface area contributed by atoms with Gasteiger partial charge in [-0.1, -0.05) is 90.5 Å². The monoisotopic (exact) mass is 692 g/mol. The first-order chi connectivity index (χ1) is 19.1. The number of hydrogen-bond donors (Lipinski definition) is 1. The number of ketones is 1. The Hall–Kier alpha value is 1.08. The van der Waals surface area contributed by atoms with Crippen molar-refractivity contribution >= 4 is 12.1 Å². The zero-order valence-electron chi connectivity index (χ0n) is 29.5. The Labute approximate surface area is 400 Å². The Morgan fingerprint density at radius 1 is 1.07 bits per heavy atom. The van der Waals surface area contributed by atoms with Crippen LogP contribution in [0.15, 0.2) is 60.7 Å². The van der Waals surface area contributed by atoms with E-state index in [9.17, 15) is 9.18 Å². The molecule has 0 saturated carbocycles. The SMILES string of the molecule is CC.C[C-]=O.[CH-]=C([C-]=C)C(C)=O.[CH2-]C(C)(C)O.[CH2-]c1c(F)cc(-c2cccc(-c3ccc[c-]c3C)c2F)cc1CC.[CH3-].[K+].[K+].[K+]. The summed E-state index contributed by atoms with van der Waals surface area (Å²) in [5.74, 6) is -0.938. The summed E-state index contributed by atoms with van der Waals surface area (Å²) in [7, 11) is 0. The minimum Gasteiger partial charge on any atom is -0.542 e. The zero-order chi connectivity index (χ0) is 32.3. The quantitative estimate of drug-likeness (QED) is 0.181. The van der Waals surface area contributed by atoms with Crippen molar-refractivity contribution < 1.29 is 178 Å². The molecule has 3 nitrogen and oxygen atoms in total. The van der Waals surface area contributed by atoms with Crippen molar-refractivity contribution in [1.82, 2.24) is 0 Å². The Morgan fingerprint density at radius 3 is 1.89 bits per heavy atom. The molecule has 0 unspecified atom stereocenters. The average molecular weight is 693 g/mol. The van der Waals surface area contributed by atoms with Crippen LogP contribution in [-0.2, 0) is 16.0 Å². The van der Waals surface area contributed by atoms with E-state index in [2.05, 4.69) is 32.6 Å². The van der Waals surface area contributed by atoms with Crippen LogP contribution in [0.3, 0.4) is 0 Å². The maximum atomic E-state index is 15.1. The van der Waals surface area contributed by atoms with Crippen LogP contribution in [0.5, 0.6) is 0 Å². The van der Waals surface area contributed by atoms with Gasteiger partial charge in [-0.15, -0.1) is 17.2 Å². The molecule has 45 heavy (non-hydrogen) atoms. The molecule has 232 valence electrons. The number of aryl methyl sites for hydroxylation is 2. The molecular weight excluding hydrogens is 648 g/mol. The Bertz CT molecular complexity index is 1280. The number of benzene rings is 3. The second-order valence-corrected chi connectivity index (χ2v) is 8.99. The Balaban J connectivity index is -0.000000153. The summed E-state index contributed by atoms with van der Waals surface area (Å²) in [5.41, 5.74) is 3.62. The van der Waals surface area contributed by atoms with Gasteiger partial charge in [-0.25, -0.2) is 11.0 Å². The van der Waals surface area contributed by atoms with E-state index in [-0.39, 0.29) is 179 Å². The zero-order valence-corrected chi connectivity index (χ0v) is 38.9. The van der Waals surface area contributed by atoms with Gasteiger partial charge in [0.1, 0.15) is 5.82 Å². The number of allylic oxidation sites excluding steroid dienone is 2. The summed E-state index contributed by atoms with van der Waals surface area (Å²) < 4.78 is 29.3. The van der Waals surface area contributed by atoms with Gasteiger partial charge in [-0.3, -0.25) is 10.7 Å². The van der Waals surface area contributed by atoms with E-state index >= 15 is 4.39 Å². The van der Waals surface area contributed by atoms with Gasteiger partial charge in [0.25, 0.3) is 0 Å². The third-order valence-electron chi connectivity index (χ3n) is 4.90. The predicted octanol–water partition coefficient (Wildman–Crippen LogP) is 0.272.